The quantitative estimate of drug-likeness (QED) is 0.639. The van der Waals surface area contributed by atoms with Crippen molar-refractivity contribution in [2.45, 2.75) is 19.8 Å². The van der Waals surface area contributed by atoms with Gasteiger partial charge in [-0.1, -0.05) is 31.2 Å². The highest BCUT2D eigenvalue weighted by atomic mass is 32.2. The molecule has 118 valence electrons. The van der Waals surface area contributed by atoms with Gasteiger partial charge in [0.15, 0.2) is 10.3 Å². The van der Waals surface area contributed by atoms with E-state index in [0.29, 0.717) is 17.9 Å². The van der Waals surface area contributed by atoms with E-state index in [4.69, 9.17) is 17.0 Å². The Morgan fingerprint density at radius 2 is 2.36 bits per heavy atom. The number of aliphatic imine (C=N–C) groups is 1. The van der Waals surface area contributed by atoms with Crippen LogP contribution in [0.3, 0.4) is 0 Å². The second-order valence-electron chi connectivity index (χ2n) is 4.67. The maximum Gasteiger partial charge on any atom is 0.257 e. The monoisotopic (exact) mass is 337 g/mol. The van der Waals surface area contributed by atoms with Crippen molar-refractivity contribution in [2.75, 3.05) is 18.9 Å². The van der Waals surface area contributed by atoms with Crippen molar-refractivity contribution in [3.8, 4) is 5.75 Å². The molecule has 2 rings (SSSR count). The first-order chi connectivity index (χ1) is 10.7. The Morgan fingerprint density at radius 3 is 3.09 bits per heavy atom. The third-order valence-corrected chi connectivity index (χ3v) is 3.99. The van der Waals surface area contributed by atoms with Crippen molar-refractivity contribution >= 4 is 40.2 Å². The molecule has 0 unspecified atom stereocenters. The van der Waals surface area contributed by atoms with Crippen molar-refractivity contribution in [1.82, 2.24) is 10.6 Å². The number of thioether (sulfide) groups is 1. The molecule has 0 aromatic heterocycles. The van der Waals surface area contributed by atoms with Gasteiger partial charge in [-0.15, -0.1) is 0 Å². The second-order valence-corrected chi connectivity index (χ2v) is 6.17. The average Bonchev–Trinajstić information content (AvgIpc) is 3.00. The SMILES string of the molecule is CCCCOc1cccc(C(=O)NC(=S)NC2=NCCS2)c1. The van der Waals surface area contributed by atoms with E-state index in [0.717, 1.165) is 30.3 Å². The Kier molecular flexibility index (Phi) is 6.67. The van der Waals surface area contributed by atoms with Crippen LogP contribution in [0.4, 0.5) is 0 Å². The van der Waals surface area contributed by atoms with Gasteiger partial charge in [0.05, 0.1) is 13.2 Å². The van der Waals surface area contributed by atoms with Crippen LogP contribution >= 0.6 is 24.0 Å². The van der Waals surface area contributed by atoms with E-state index in [1.54, 1.807) is 30.0 Å². The number of amides is 1. The molecule has 0 saturated carbocycles. The Labute approximate surface area is 139 Å². The number of nitrogens with one attached hydrogen (secondary N) is 2. The van der Waals surface area contributed by atoms with Crippen LogP contribution in [0.5, 0.6) is 5.75 Å². The van der Waals surface area contributed by atoms with Gasteiger partial charge in [0.25, 0.3) is 5.91 Å². The average molecular weight is 337 g/mol. The number of amidine groups is 1. The standard InChI is InChI=1S/C15H19N3O2S2/c1-2-3-8-20-12-6-4-5-11(10-12)13(19)17-14(21)18-15-16-7-9-22-15/h4-6,10H,2-3,7-9H2,1H3,(H2,16,17,18,19,21). The van der Waals surface area contributed by atoms with Crippen LogP contribution in [0.1, 0.15) is 30.1 Å². The molecule has 1 aliphatic heterocycles. The molecule has 7 heteroatoms. The summed E-state index contributed by atoms with van der Waals surface area (Å²) < 4.78 is 5.60. The fourth-order valence-electron chi connectivity index (χ4n) is 1.78. The lowest BCUT2D eigenvalue weighted by Crippen LogP contribution is -2.41. The Hall–Kier alpha value is -1.60. The molecule has 0 atom stereocenters. The number of thiocarbonyl (C=S) groups is 1. The second kappa shape index (κ2) is 8.75. The topological polar surface area (TPSA) is 62.7 Å². The molecular formula is C15H19N3O2S2. The molecule has 1 aromatic rings. The van der Waals surface area contributed by atoms with Gasteiger partial charge < -0.3 is 10.1 Å². The van der Waals surface area contributed by atoms with E-state index in [1.807, 2.05) is 6.07 Å². The van der Waals surface area contributed by atoms with E-state index in [1.165, 1.54) is 0 Å². The van der Waals surface area contributed by atoms with E-state index >= 15 is 0 Å². The zero-order chi connectivity index (χ0) is 15.8. The number of carbonyl (C=O) groups is 1. The number of nitrogens with zero attached hydrogens (tertiary/aromatic N) is 1. The number of ether oxygens (including phenoxy) is 1. The first-order valence-electron chi connectivity index (χ1n) is 7.21. The lowest BCUT2D eigenvalue weighted by Gasteiger charge is -2.10. The van der Waals surface area contributed by atoms with Crippen molar-refractivity contribution in [2.24, 2.45) is 4.99 Å². The third-order valence-electron chi connectivity index (χ3n) is 2.90. The first-order valence-corrected chi connectivity index (χ1v) is 8.61. The lowest BCUT2D eigenvalue weighted by molar-refractivity contribution is 0.0976. The number of rotatable bonds is 5. The van der Waals surface area contributed by atoms with Gasteiger partial charge in [-0.25, -0.2) is 0 Å². The molecule has 2 N–H and O–H groups in total. The van der Waals surface area contributed by atoms with Gasteiger partial charge in [0.2, 0.25) is 0 Å². The molecule has 1 amide bonds. The summed E-state index contributed by atoms with van der Waals surface area (Å²) in [5.74, 6) is 1.37. The molecular weight excluding hydrogens is 318 g/mol. The Morgan fingerprint density at radius 1 is 1.50 bits per heavy atom. The van der Waals surface area contributed by atoms with Crippen LogP contribution in [0, 0.1) is 0 Å². The molecule has 1 heterocycles. The van der Waals surface area contributed by atoms with Crippen LogP contribution < -0.4 is 15.4 Å². The zero-order valence-electron chi connectivity index (χ0n) is 12.4. The van der Waals surface area contributed by atoms with Gasteiger partial charge in [0.1, 0.15) is 5.75 Å². The molecule has 0 saturated heterocycles. The highest BCUT2D eigenvalue weighted by molar-refractivity contribution is 8.14. The minimum atomic E-state index is -0.262. The Bertz CT molecular complexity index is 576. The Balaban J connectivity index is 1.88. The zero-order valence-corrected chi connectivity index (χ0v) is 14.1. The number of unbranched alkanes of at least 4 members (excludes halogenated alkanes) is 1. The summed E-state index contributed by atoms with van der Waals surface area (Å²) in [5, 5.41) is 6.58. The minimum absolute atomic E-state index is 0.260. The molecule has 0 radical (unpaired) electrons. The van der Waals surface area contributed by atoms with Crippen LogP contribution in [-0.4, -0.2) is 35.1 Å². The van der Waals surface area contributed by atoms with Crippen LogP contribution in [0.2, 0.25) is 0 Å². The number of hydrogen-bond acceptors (Lipinski definition) is 5. The maximum atomic E-state index is 12.2. The molecule has 0 bridgehead atoms. The summed E-state index contributed by atoms with van der Waals surface area (Å²) in [6.07, 6.45) is 2.06. The van der Waals surface area contributed by atoms with Crippen LogP contribution in [0.25, 0.3) is 0 Å². The van der Waals surface area contributed by atoms with Gasteiger partial charge in [-0.3, -0.25) is 15.1 Å². The lowest BCUT2D eigenvalue weighted by atomic mass is 10.2. The molecule has 5 nitrogen and oxygen atoms in total. The number of carbonyl (C=O) groups excluding carboxylic acids is 1. The summed E-state index contributed by atoms with van der Waals surface area (Å²) in [7, 11) is 0. The van der Waals surface area contributed by atoms with E-state index in [9.17, 15) is 4.79 Å². The predicted molar refractivity (Wildman–Crippen MR) is 94.8 cm³/mol. The van der Waals surface area contributed by atoms with Gasteiger partial charge >= 0.3 is 0 Å². The highest BCUT2D eigenvalue weighted by Gasteiger charge is 2.12. The molecule has 0 aliphatic carbocycles. The van der Waals surface area contributed by atoms with Gasteiger partial charge in [-0.2, -0.15) is 0 Å². The smallest absolute Gasteiger partial charge is 0.257 e. The summed E-state index contributed by atoms with van der Waals surface area (Å²) in [6.45, 7) is 3.54. The molecule has 22 heavy (non-hydrogen) atoms. The van der Waals surface area contributed by atoms with Crippen molar-refractivity contribution in [3.63, 3.8) is 0 Å². The minimum Gasteiger partial charge on any atom is -0.494 e. The predicted octanol–water partition coefficient (Wildman–Crippen LogP) is 2.57. The molecule has 0 fully saturated rings. The largest absolute Gasteiger partial charge is 0.494 e. The number of hydrogen-bond donors (Lipinski definition) is 2. The van der Waals surface area contributed by atoms with E-state index < -0.39 is 0 Å². The van der Waals surface area contributed by atoms with Crippen molar-refractivity contribution in [3.05, 3.63) is 29.8 Å². The van der Waals surface area contributed by atoms with Crippen LogP contribution in [0.15, 0.2) is 29.3 Å². The van der Waals surface area contributed by atoms with E-state index in [-0.39, 0.29) is 11.0 Å². The van der Waals surface area contributed by atoms with E-state index in [2.05, 4.69) is 22.5 Å². The number of benzene rings is 1. The highest BCUT2D eigenvalue weighted by Crippen LogP contribution is 2.14. The fourth-order valence-corrected chi connectivity index (χ4v) is 2.76. The third kappa shape index (κ3) is 5.31. The summed E-state index contributed by atoms with van der Waals surface area (Å²) in [5.41, 5.74) is 0.513. The molecule has 1 aromatic carbocycles. The van der Waals surface area contributed by atoms with Crippen molar-refractivity contribution < 1.29 is 9.53 Å². The fraction of sp³-hybridized carbons (Fsp3) is 0.400. The van der Waals surface area contributed by atoms with Gasteiger partial charge in [0, 0.05) is 11.3 Å². The molecule has 0 spiro atoms. The van der Waals surface area contributed by atoms with Crippen LogP contribution in [-0.2, 0) is 0 Å². The van der Waals surface area contributed by atoms with Gasteiger partial charge in [-0.05, 0) is 36.8 Å². The first kappa shape index (κ1) is 16.8. The summed E-state index contributed by atoms with van der Waals surface area (Å²) >= 11 is 6.70. The summed E-state index contributed by atoms with van der Waals surface area (Å²) in [6, 6.07) is 7.08. The van der Waals surface area contributed by atoms with Crippen molar-refractivity contribution in [1.29, 1.82) is 0 Å². The maximum absolute atomic E-state index is 12.2. The summed E-state index contributed by atoms with van der Waals surface area (Å²) in [4.78, 5) is 16.4. The normalized spacial score (nSPS) is 13.4. The molecule has 1 aliphatic rings.